The number of aromatic nitrogens is 2. The Kier molecular flexibility index (Phi) is 4.90. The van der Waals surface area contributed by atoms with E-state index in [0.29, 0.717) is 11.4 Å². The molecule has 7 heteroatoms. The molecular formula is C19H19N3O3S. The fraction of sp³-hybridized carbons (Fsp3) is 0.158. The normalized spacial score (nSPS) is 12.5. The van der Waals surface area contributed by atoms with Crippen LogP contribution in [0.4, 0.5) is 0 Å². The number of hydrogen-bond acceptors (Lipinski definition) is 4. The largest absolute Gasteiger partial charge is 0.342 e. The molecule has 1 atom stereocenters. The van der Waals surface area contributed by atoms with Crippen molar-refractivity contribution in [1.82, 2.24) is 15.3 Å². The summed E-state index contributed by atoms with van der Waals surface area (Å²) in [5.41, 5.74) is 2.28. The van der Waals surface area contributed by atoms with Crippen molar-refractivity contribution in [2.75, 3.05) is 6.26 Å². The number of rotatable bonds is 5. The molecule has 6 nitrogen and oxygen atoms in total. The van der Waals surface area contributed by atoms with E-state index in [-0.39, 0.29) is 16.8 Å². The predicted molar refractivity (Wildman–Crippen MR) is 99.5 cm³/mol. The van der Waals surface area contributed by atoms with Gasteiger partial charge in [0.1, 0.15) is 5.82 Å². The summed E-state index contributed by atoms with van der Waals surface area (Å²) in [5, 5.41) is 2.85. The average molecular weight is 369 g/mol. The molecule has 2 aromatic carbocycles. The molecule has 1 amide bonds. The molecule has 0 bridgehead atoms. The van der Waals surface area contributed by atoms with Crippen LogP contribution in [0.1, 0.15) is 29.1 Å². The summed E-state index contributed by atoms with van der Waals surface area (Å²) in [7, 11) is -3.28. The molecule has 0 aliphatic heterocycles. The molecule has 3 rings (SSSR count). The van der Waals surface area contributed by atoms with Crippen molar-refractivity contribution in [3.63, 3.8) is 0 Å². The zero-order valence-electron chi connectivity index (χ0n) is 14.4. The topological polar surface area (TPSA) is 91.9 Å². The van der Waals surface area contributed by atoms with Gasteiger partial charge in [0.25, 0.3) is 5.91 Å². The SMILES string of the molecule is C[C@H](NC(=O)c1ccc(S(C)(=O)=O)cc1)c1ncc(-c2ccccc2)[nH]1. The fourth-order valence-electron chi connectivity index (χ4n) is 2.52. The van der Waals surface area contributed by atoms with Gasteiger partial charge in [0, 0.05) is 11.8 Å². The third kappa shape index (κ3) is 4.00. The van der Waals surface area contributed by atoms with Crippen molar-refractivity contribution in [2.24, 2.45) is 0 Å². The number of aromatic amines is 1. The third-order valence-corrected chi connectivity index (χ3v) is 5.11. The van der Waals surface area contributed by atoms with E-state index in [1.807, 2.05) is 37.3 Å². The lowest BCUT2D eigenvalue weighted by molar-refractivity contribution is 0.0938. The Bertz CT molecular complexity index is 1010. The summed E-state index contributed by atoms with van der Waals surface area (Å²) in [6.45, 7) is 1.83. The van der Waals surface area contributed by atoms with Crippen LogP contribution in [0.3, 0.4) is 0 Å². The van der Waals surface area contributed by atoms with Crippen LogP contribution in [0.2, 0.25) is 0 Å². The molecule has 3 aromatic rings. The van der Waals surface area contributed by atoms with Gasteiger partial charge in [-0.25, -0.2) is 13.4 Å². The van der Waals surface area contributed by atoms with E-state index in [1.165, 1.54) is 24.3 Å². The Morgan fingerprint density at radius 3 is 2.35 bits per heavy atom. The van der Waals surface area contributed by atoms with Gasteiger partial charge in [-0.15, -0.1) is 0 Å². The first-order valence-electron chi connectivity index (χ1n) is 8.06. The summed E-state index contributed by atoms with van der Waals surface area (Å²) in [5.74, 6) is 0.347. The minimum atomic E-state index is -3.28. The van der Waals surface area contributed by atoms with Crippen LogP contribution in [-0.4, -0.2) is 30.5 Å². The van der Waals surface area contributed by atoms with Gasteiger partial charge >= 0.3 is 0 Å². The van der Waals surface area contributed by atoms with E-state index in [0.717, 1.165) is 17.5 Å². The Balaban J connectivity index is 1.71. The molecule has 2 N–H and O–H groups in total. The summed E-state index contributed by atoms with van der Waals surface area (Å²) in [4.78, 5) is 20.1. The average Bonchev–Trinajstić information content (AvgIpc) is 3.12. The van der Waals surface area contributed by atoms with Gasteiger partial charge in [-0.05, 0) is 36.8 Å². The fourth-order valence-corrected chi connectivity index (χ4v) is 3.15. The van der Waals surface area contributed by atoms with E-state index in [9.17, 15) is 13.2 Å². The molecule has 0 aliphatic carbocycles. The van der Waals surface area contributed by atoms with E-state index < -0.39 is 9.84 Å². The van der Waals surface area contributed by atoms with Crippen LogP contribution in [0.5, 0.6) is 0 Å². The van der Waals surface area contributed by atoms with Crippen molar-refractivity contribution in [1.29, 1.82) is 0 Å². The van der Waals surface area contributed by atoms with Crippen LogP contribution in [0, 0.1) is 0 Å². The second-order valence-electron chi connectivity index (χ2n) is 6.04. The molecule has 0 spiro atoms. The maximum atomic E-state index is 12.4. The van der Waals surface area contributed by atoms with E-state index in [1.54, 1.807) is 6.20 Å². The minimum absolute atomic E-state index is 0.181. The van der Waals surface area contributed by atoms with E-state index in [2.05, 4.69) is 15.3 Å². The first-order chi connectivity index (χ1) is 12.3. The first kappa shape index (κ1) is 17.9. The number of nitrogens with zero attached hydrogens (tertiary/aromatic N) is 1. The molecule has 0 fully saturated rings. The molecule has 1 aromatic heterocycles. The van der Waals surface area contributed by atoms with Crippen molar-refractivity contribution < 1.29 is 13.2 Å². The van der Waals surface area contributed by atoms with Gasteiger partial charge in [0.2, 0.25) is 0 Å². The van der Waals surface area contributed by atoms with Crippen molar-refractivity contribution in [3.8, 4) is 11.3 Å². The summed E-state index contributed by atoms with van der Waals surface area (Å²) < 4.78 is 23.0. The number of carbonyl (C=O) groups is 1. The van der Waals surface area contributed by atoms with Crippen molar-refractivity contribution in [3.05, 3.63) is 72.2 Å². The molecule has 0 saturated heterocycles. The molecule has 26 heavy (non-hydrogen) atoms. The lowest BCUT2D eigenvalue weighted by Crippen LogP contribution is -2.27. The van der Waals surface area contributed by atoms with Crippen LogP contribution in [0.25, 0.3) is 11.3 Å². The standard InChI is InChI=1S/C19H19N3O3S/c1-13(18-20-12-17(22-18)14-6-4-3-5-7-14)21-19(23)15-8-10-16(11-9-15)26(2,24)25/h3-13H,1-2H3,(H,20,22)(H,21,23)/t13-/m0/s1. The number of benzene rings is 2. The Morgan fingerprint density at radius 2 is 1.73 bits per heavy atom. The monoisotopic (exact) mass is 369 g/mol. The molecule has 0 radical (unpaired) electrons. The van der Waals surface area contributed by atoms with E-state index in [4.69, 9.17) is 0 Å². The van der Waals surface area contributed by atoms with Crippen LogP contribution >= 0.6 is 0 Å². The Hall–Kier alpha value is -2.93. The molecule has 134 valence electrons. The second-order valence-corrected chi connectivity index (χ2v) is 8.06. The quantitative estimate of drug-likeness (QED) is 0.723. The molecule has 0 saturated carbocycles. The zero-order chi connectivity index (χ0) is 18.7. The molecule has 0 aliphatic rings. The van der Waals surface area contributed by atoms with Crippen LogP contribution in [-0.2, 0) is 9.84 Å². The zero-order valence-corrected chi connectivity index (χ0v) is 15.2. The Morgan fingerprint density at radius 1 is 1.08 bits per heavy atom. The Labute approximate surface area is 152 Å². The van der Waals surface area contributed by atoms with Gasteiger partial charge in [-0.3, -0.25) is 4.79 Å². The maximum absolute atomic E-state index is 12.4. The van der Waals surface area contributed by atoms with Crippen molar-refractivity contribution >= 4 is 15.7 Å². The maximum Gasteiger partial charge on any atom is 0.251 e. The highest BCUT2D eigenvalue weighted by Crippen LogP contribution is 2.19. The highest BCUT2D eigenvalue weighted by Gasteiger charge is 2.15. The highest BCUT2D eigenvalue weighted by molar-refractivity contribution is 7.90. The number of amides is 1. The number of hydrogen-bond donors (Lipinski definition) is 2. The lowest BCUT2D eigenvalue weighted by atomic mass is 10.2. The minimum Gasteiger partial charge on any atom is -0.342 e. The second kappa shape index (κ2) is 7.13. The number of nitrogens with one attached hydrogen (secondary N) is 2. The lowest BCUT2D eigenvalue weighted by Gasteiger charge is -2.12. The molecular weight excluding hydrogens is 350 g/mol. The first-order valence-corrected chi connectivity index (χ1v) is 9.95. The smallest absolute Gasteiger partial charge is 0.251 e. The van der Waals surface area contributed by atoms with Gasteiger partial charge < -0.3 is 10.3 Å². The van der Waals surface area contributed by atoms with Crippen LogP contribution in [0.15, 0.2) is 65.7 Å². The highest BCUT2D eigenvalue weighted by atomic mass is 32.2. The van der Waals surface area contributed by atoms with Gasteiger partial charge in [0.15, 0.2) is 9.84 Å². The molecule has 1 heterocycles. The number of sulfone groups is 1. The van der Waals surface area contributed by atoms with Crippen LogP contribution < -0.4 is 5.32 Å². The third-order valence-electron chi connectivity index (χ3n) is 3.98. The summed E-state index contributed by atoms with van der Waals surface area (Å²) >= 11 is 0. The number of H-pyrrole nitrogens is 1. The summed E-state index contributed by atoms with van der Waals surface area (Å²) in [6, 6.07) is 15.3. The number of carbonyl (C=O) groups excluding carboxylic acids is 1. The van der Waals surface area contributed by atoms with Gasteiger partial charge in [-0.1, -0.05) is 30.3 Å². The van der Waals surface area contributed by atoms with Gasteiger partial charge in [0.05, 0.1) is 22.8 Å². The molecule has 0 unspecified atom stereocenters. The summed E-state index contributed by atoms with van der Waals surface area (Å²) in [6.07, 6.45) is 2.86. The van der Waals surface area contributed by atoms with E-state index >= 15 is 0 Å². The predicted octanol–water partition coefficient (Wildman–Crippen LogP) is 2.97. The van der Waals surface area contributed by atoms with Crippen molar-refractivity contribution in [2.45, 2.75) is 17.9 Å². The van der Waals surface area contributed by atoms with Gasteiger partial charge in [-0.2, -0.15) is 0 Å². The number of imidazole rings is 1.